The summed E-state index contributed by atoms with van der Waals surface area (Å²) in [4.78, 5) is 0. The molecule has 130 valence electrons. The highest BCUT2D eigenvalue weighted by molar-refractivity contribution is 7.86. The first kappa shape index (κ1) is 18.6. The zero-order valence-electron chi connectivity index (χ0n) is 13.6. The van der Waals surface area contributed by atoms with E-state index in [0.717, 1.165) is 4.31 Å². The molecule has 1 saturated heterocycles. The molecule has 1 atom stereocenters. The van der Waals surface area contributed by atoms with Gasteiger partial charge in [-0.15, -0.1) is 0 Å². The van der Waals surface area contributed by atoms with E-state index in [1.807, 2.05) is 13.8 Å². The Kier molecular flexibility index (Phi) is 5.37. The molecule has 1 aliphatic heterocycles. The fourth-order valence-corrected chi connectivity index (χ4v) is 4.45. The van der Waals surface area contributed by atoms with Gasteiger partial charge in [0.2, 0.25) is 0 Å². The standard InChI is InChI=1S/C15H23ClFN3O2S/c1-15(2)10-20(8-7-14(15)18)23(21,22)19(3)9-11-12(16)5-4-6-13(11)17/h4-6,14H,7-10,18H2,1-3H3. The molecule has 0 aromatic heterocycles. The number of hydrogen-bond donors (Lipinski definition) is 1. The number of rotatable bonds is 4. The predicted molar refractivity (Wildman–Crippen MR) is 89.7 cm³/mol. The number of benzene rings is 1. The van der Waals surface area contributed by atoms with Gasteiger partial charge in [0.1, 0.15) is 5.82 Å². The smallest absolute Gasteiger partial charge is 0.282 e. The van der Waals surface area contributed by atoms with Gasteiger partial charge in [-0.05, 0) is 24.0 Å². The first-order valence-electron chi connectivity index (χ1n) is 7.45. The van der Waals surface area contributed by atoms with E-state index in [9.17, 15) is 12.8 Å². The Morgan fingerprint density at radius 2 is 2.13 bits per heavy atom. The Hall–Kier alpha value is -0.730. The van der Waals surface area contributed by atoms with E-state index in [1.54, 1.807) is 6.07 Å². The van der Waals surface area contributed by atoms with Crippen molar-refractivity contribution in [1.29, 1.82) is 0 Å². The zero-order valence-corrected chi connectivity index (χ0v) is 15.2. The third-order valence-electron chi connectivity index (χ3n) is 4.44. The second kappa shape index (κ2) is 6.64. The third kappa shape index (κ3) is 3.85. The van der Waals surface area contributed by atoms with Crippen molar-refractivity contribution < 1.29 is 12.8 Å². The molecule has 0 amide bonds. The van der Waals surface area contributed by atoms with Crippen LogP contribution < -0.4 is 5.73 Å². The summed E-state index contributed by atoms with van der Waals surface area (Å²) in [6, 6.07) is 4.26. The monoisotopic (exact) mass is 363 g/mol. The maximum Gasteiger partial charge on any atom is 0.282 e. The van der Waals surface area contributed by atoms with E-state index >= 15 is 0 Å². The van der Waals surface area contributed by atoms with Crippen molar-refractivity contribution in [2.75, 3.05) is 20.1 Å². The van der Waals surface area contributed by atoms with E-state index in [4.69, 9.17) is 17.3 Å². The van der Waals surface area contributed by atoms with Crippen LogP contribution in [0.25, 0.3) is 0 Å². The van der Waals surface area contributed by atoms with Crippen molar-refractivity contribution in [3.05, 3.63) is 34.6 Å². The molecule has 2 rings (SSSR count). The van der Waals surface area contributed by atoms with Crippen LogP contribution in [0, 0.1) is 11.2 Å². The van der Waals surface area contributed by atoms with E-state index < -0.39 is 16.0 Å². The molecule has 1 aromatic carbocycles. The summed E-state index contributed by atoms with van der Waals surface area (Å²) in [5.41, 5.74) is 5.93. The maximum atomic E-state index is 13.9. The first-order valence-corrected chi connectivity index (χ1v) is 9.23. The predicted octanol–water partition coefficient (Wildman–Crippen LogP) is 2.21. The number of piperidine rings is 1. The minimum Gasteiger partial charge on any atom is -0.327 e. The van der Waals surface area contributed by atoms with Gasteiger partial charge >= 0.3 is 0 Å². The van der Waals surface area contributed by atoms with Crippen molar-refractivity contribution in [2.24, 2.45) is 11.1 Å². The lowest BCUT2D eigenvalue weighted by Gasteiger charge is -2.42. The second-order valence-electron chi connectivity index (χ2n) is 6.68. The number of nitrogens with two attached hydrogens (primary N) is 1. The van der Waals surface area contributed by atoms with Crippen LogP contribution in [0.5, 0.6) is 0 Å². The summed E-state index contributed by atoms with van der Waals surface area (Å²) in [7, 11) is -2.27. The SMILES string of the molecule is CN(Cc1c(F)cccc1Cl)S(=O)(=O)N1CCC(N)C(C)(C)C1. The molecule has 2 N–H and O–H groups in total. The quantitative estimate of drug-likeness (QED) is 0.891. The number of hydrogen-bond acceptors (Lipinski definition) is 3. The van der Waals surface area contributed by atoms with E-state index in [0.29, 0.717) is 19.5 Å². The molecule has 8 heteroatoms. The van der Waals surface area contributed by atoms with Gasteiger partial charge in [0.05, 0.1) is 0 Å². The van der Waals surface area contributed by atoms with Gasteiger partial charge < -0.3 is 5.73 Å². The summed E-state index contributed by atoms with van der Waals surface area (Å²) >= 11 is 5.98. The Labute approximate surface area is 142 Å². The fourth-order valence-electron chi connectivity index (χ4n) is 2.71. The van der Waals surface area contributed by atoms with E-state index in [1.165, 1.54) is 23.5 Å². The molecule has 1 fully saturated rings. The molecule has 0 spiro atoms. The van der Waals surface area contributed by atoms with Gasteiger partial charge in [-0.3, -0.25) is 0 Å². The van der Waals surface area contributed by atoms with Crippen LogP contribution in [0.4, 0.5) is 4.39 Å². The lowest BCUT2D eigenvalue weighted by atomic mass is 9.81. The lowest BCUT2D eigenvalue weighted by molar-refractivity contribution is 0.149. The summed E-state index contributed by atoms with van der Waals surface area (Å²) < 4.78 is 41.9. The Morgan fingerprint density at radius 3 is 2.70 bits per heavy atom. The summed E-state index contributed by atoms with van der Waals surface area (Å²) in [5.74, 6) is -0.513. The van der Waals surface area contributed by atoms with Gasteiger partial charge in [-0.25, -0.2) is 4.39 Å². The van der Waals surface area contributed by atoms with Crippen molar-refractivity contribution in [3.63, 3.8) is 0 Å². The minimum atomic E-state index is -3.70. The molecule has 0 aliphatic carbocycles. The van der Waals surface area contributed by atoms with Crippen molar-refractivity contribution >= 4 is 21.8 Å². The van der Waals surface area contributed by atoms with Crippen molar-refractivity contribution in [1.82, 2.24) is 8.61 Å². The number of nitrogens with zero attached hydrogens (tertiary/aromatic N) is 2. The first-order chi connectivity index (χ1) is 10.6. The van der Waals surface area contributed by atoms with Crippen LogP contribution in [0.3, 0.4) is 0 Å². The molecule has 0 radical (unpaired) electrons. The van der Waals surface area contributed by atoms with Crippen LogP contribution in [0.15, 0.2) is 18.2 Å². The molecule has 1 aliphatic rings. The Morgan fingerprint density at radius 1 is 1.48 bits per heavy atom. The maximum absolute atomic E-state index is 13.9. The summed E-state index contributed by atoms with van der Waals surface area (Å²) in [5, 5.41) is 0.216. The molecular formula is C15H23ClFN3O2S. The number of halogens is 2. The van der Waals surface area contributed by atoms with Crippen LogP contribution in [-0.4, -0.2) is 43.2 Å². The molecule has 5 nitrogen and oxygen atoms in total. The van der Waals surface area contributed by atoms with Crippen LogP contribution in [0.1, 0.15) is 25.8 Å². The van der Waals surface area contributed by atoms with Crippen LogP contribution >= 0.6 is 11.6 Å². The average molecular weight is 364 g/mol. The molecule has 1 unspecified atom stereocenters. The molecule has 0 saturated carbocycles. The van der Waals surface area contributed by atoms with Crippen molar-refractivity contribution in [2.45, 2.75) is 32.9 Å². The van der Waals surface area contributed by atoms with Gasteiger partial charge in [0, 0.05) is 43.3 Å². The van der Waals surface area contributed by atoms with Crippen LogP contribution in [0.2, 0.25) is 5.02 Å². The molecule has 23 heavy (non-hydrogen) atoms. The van der Waals surface area contributed by atoms with Crippen molar-refractivity contribution in [3.8, 4) is 0 Å². The Bertz CT molecular complexity index is 661. The third-order valence-corrected chi connectivity index (χ3v) is 6.67. The largest absolute Gasteiger partial charge is 0.327 e. The molecule has 1 heterocycles. The normalized spacial score (nSPS) is 22.5. The van der Waals surface area contributed by atoms with E-state index in [2.05, 4.69) is 0 Å². The van der Waals surface area contributed by atoms with Gasteiger partial charge in [-0.1, -0.05) is 31.5 Å². The highest BCUT2D eigenvalue weighted by atomic mass is 35.5. The zero-order chi connectivity index (χ0) is 17.4. The lowest BCUT2D eigenvalue weighted by Crippen LogP contribution is -2.56. The molecular weight excluding hydrogens is 341 g/mol. The topological polar surface area (TPSA) is 66.6 Å². The second-order valence-corrected chi connectivity index (χ2v) is 9.12. The van der Waals surface area contributed by atoms with Crippen LogP contribution in [-0.2, 0) is 16.8 Å². The molecule has 0 bridgehead atoms. The highest BCUT2D eigenvalue weighted by Gasteiger charge is 2.39. The molecule has 1 aromatic rings. The fraction of sp³-hybridized carbons (Fsp3) is 0.600. The van der Waals surface area contributed by atoms with E-state index in [-0.39, 0.29) is 28.6 Å². The van der Waals surface area contributed by atoms with Gasteiger partial charge in [0.25, 0.3) is 10.2 Å². The minimum absolute atomic E-state index is 0.0414. The van der Waals surface area contributed by atoms with Gasteiger partial charge in [0.15, 0.2) is 0 Å². The average Bonchev–Trinajstić information content (AvgIpc) is 2.45. The Balaban J connectivity index is 2.19. The summed E-state index contributed by atoms with van der Waals surface area (Å²) in [6.07, 6.45) is 0.598. The highest BCUT2D eigenvalue weighted by Crippen LogP contribution is 2.30. The summed E-state index contributed by atoms with van der Waals surface area (Å²) in [6.45, 7) is 4.49. The van der Waals surface area contributed by atoms with Gasteiger partial charge in [-0.2, -0.15) is 17.0 Å².